The lowest BCUT2D eigenvalue weighted by molar-refractivity contribution is -0.144. The summed E-state index contributed by atoms with van der Waals surface area (Å²) in [5.41, 5.74) is 0.379. The first kappa shape index (κ1) is 14.7. The Kier molecular flexibility index (Phi) is 4.86. The monoisotopic (exact) mass is 281 g/mol. The van der Waals surface area contributed by atoms with Gasteiger partial charge in [0.1, 0.15) is 6.10 Å². The number of aromatic nitrogens is 2. The minimum Gasteiger partial charge on any atom is -0.469 e. The van der Waals surface area contributed by atoms with E-state index >= 15 is 0 Å². The molecule has 2 N–H and O–H groups in total. The van der Waals surface area contributed by atoms with Gasteiger partial charge in [-0.3, -0.25) is 4.79 Å². The minimum atomic E-state index is -1.23. The number of hydrogen-bond acceptors (Lipinski definition) is 7. The molecule has 0 radical (unpaired) electrons. The summed E-state index contributed by atoms with van der Waals surface area (Å²) in [5.74, 6) is 0.0482. The molecule has 0 spiro atoms. The topological polar surface area (TPSA) is 95.8 Å². The van der Waals surface area contributed by atoms with Crippen molar-refractivity contribution in [3.63, 3.8) is 0 Å². The van der Waals surface area contributed by atoms with E-state index in [1.807, 2.05) is 0 Å². The summed E-state index contributed by atoms with van der Waals surface area (Å²) in [6, 6.07) is 0. The Labute approximate surface area is 117 Å². The molecule has 2 rings (SSSR count). The molecule has 1 fully saturated rings. The molecule has 1 saturated heterocycles. The van der Waals surface area contributed by atoms with Crippen LogP contribution >= 0.6 is 0 Å². The molecule has 1 aliphatic rings. The first-order valence-corrected chi connectivity index (χ1v) is 6.61. The van der Waals surface area contributed by atoms with E-state index in [1.165, 1.54) is 19.5 Å². The molecule has 0 amide bonds. The van der Waals surface area contributed by atoms with Crippen molar-refractivity contribution in [1.82, 2.24) is 9.97 Å². The van der Waals surface area contributed by atoms with Gasteiger partial charge in [0.05, 0.1) is 19.6 Å². The Bertz CT molecular complexity index is 445. The molecular formula is C13H19N3O4. The lowest BCUT2D eigenvalue weighted by Gasteiger charge is -2.18. The molecular weight excluding hydrogens is 262 g/mol. The summed E-state index contributed by atoms with van der Waals surface area (Å²) in [7, 11) is 1.23. The molecule has 2 atom stereocenters. The smallest absolute Gasteiger partial charge is 0.308 e. The summed E-state index contributed by atoms with van der Waals surface area (Å²) in [5, 5.41) is 19.7. The van der Waals surface area contributed by atoms with Crippen molar-refractivity contribution in [3.8, 4) is 0 Å². The lowest BCUT2D eigenvalue weighted by atomic mass is 10.1. The summed E-state index contributed by atoms with van der Waals surface area (Å²) in [6.07, 6.45) is 2.51. The number of anilines is 1. The van der Waals surface area contributed by atoms with Gasteiger partial charge in [0.25, 0.3) is 0 Å². The van der Waals surface area contributed by atoms with Crippen LogP contribution in [0.4, 0.5) is 5.95 Å². The normalized spacial score (nSPS) is 17.9. The molecule has 1 aliphatic heterocycles. The average molecular weight is 281 g/mol. The summed E-state index contributed by atoms with van der Waals surface area (Å²) >= 11 is 0. The van der Waals surface area contributed by atoms with Crippen molar-refractivity contribution in [1.29, 1.82) is 0 Å². The number of rotatable bonds is 5. The molecule has 1 aromatic rings. The maximum Gasteiger partial charge on any atom is 0.308 e. The quantitative estimate of drug-likeness (QED) is 0.735. The Hall–Kier alpha value is -1.73. The standard InChI is InChI=1S/C13H19N3O4/c1-20-11(18)6-10(17)12(19)9-7-14-13(15-8-9)16-4-2-3-5-16/h7-8,10,12,17,19H,2-6H2,1H3. The number of esters is 1. The van der Waals surface area contributed by atoms with Crippen LogP contribution in [0.1, 0.15) is 30.9 Å². The van der Waals surface area contributed by atoms with Crippen LogP contribution in [0.5, 0.6) is 0 Å². The average Bonchev–Trinajstić information content (AvgIpc) is 3.00. The van der Waals surface area contributed by atoms with Gasteiger partial charge in [-0.15, -0.1) is 0 Å². The van der Waals surface area contributed by atoms with Gasteiger partial charge in [0, 0.05) is 31.0 Å². The van der Waals surface area contributed by atoms with Crippen molar-refractivity contribution in [3.05, 3.63) is 18.0 Å². The molecule has 2 heterocycles. The SMILES string of the molecule is COC(=O)CC(O)C(O)c1cnc(N2CCCC2)nc1. The van der Waals surface area contributed by atoms with E-state index in [4.69, 9.17) is 0 Å². The highest BCUT2D eigenvalue weighted by Gasteiger charge is 2.23. The first-order valence-electron chi connectivity index (χ1n) is 6.61. The highest BCUT2D eigenvalue weighted by atomic mass is 16.5. The number of carbonyl (C=O) groups excluding carboxylic acids is 1. The molecule has 2 unspecified atom stereocenters. The summed E-state index contributed by atoms with van der Waals surface area (Å²) in [4.78, 5) is 21.5. The molecule has 7 heteroatoms. The van der Waals surface area contributed by atoms with Crippen LogP contribution in [0, 0.1) is 0 Å². The van der Waals surface area contributed by atoms with Crippen molar-refractivity contribution >= 4 is 11.9 Å². The van der Waals surface area contributed by atoms with Crippen LogP contribution in [0.15, 0.2) is 12.4 Å². The second kappa shape index (κ2) is 6.62. The van der Waals surface area contributed by atoms with Gasteiger partial charge >= 0.3 is 5.97 Å². The first-order chi connectivity index (χ1) is 9.61. The Balaban J connectivity index is 1.99. The van der Waals surface area contributed by atoms with E-state index in [1.54, 1.807) is 0 Å². The summed E-state index contributed by atoms with van der Waals surface area (Å²) in [6.45, 7) is 1.87. The number of methoxy groups -OCH3 is 1. The van der Waals surface area contributed by atoms with Crippen molar-refractivity contribution in [2.75, 3.05) is 25.1 Å². The highest BCUT2D eigenvalue weighted by Crippen LogP contribution is 2.20. The number of nitrogens with zero attached hydrogens (tertiary/aromatic N) is 3. The number of aliphatic hydroxyl groups excluding tert-OH is 2. The van der Waals surface area contributed by atoms with Crippen LogP contribution in [0.3, 0.4) is 0 Å². The fraction of sp³-hybridized carbons (Fsp3) is 0.615. The maximum atomic E-state index is 11.1. The van der Waals surface area contributed by atoms with E-state index in [2.05, 4.69) is 19.6 Å². The fourth-order valence-corrected chi connectivity index (χ4v) is 2.15. The van der Waals surface area contributed by atoms with Crippen molar-refractivity contribution in [2.24, 2.45) is 0 Å². The van der Waals surface area contributed by atoms with Crippen LogP contribution in [0.2, 0.25) is 0 Å². The van der Waals surface area contributed by atoms with Gasteiger partial charge in [0.15, 0.2) is 0 Å². The van der Waals surface area contributed by atoms with Crippen LogP contribution in [-0.2, 0) is 9.53 Å². The van der Waals surface area contributed by atoms with Crippen LogP contribution in [-0.4, -0.2) is 52.5 Å². The fourth-order valence-electron chi connectivity index (χ4n) is 2.15. The third-order valence-corrected chi connectivity index (χ3v) is 3.36. The Morgan fingerprint density at radius 2 is 1.95 bits per heavy atom. The maximum absolute atomic E-state index is 11.1. The lowest BCUT2D eigenvalue weighted by Crippen LogP contribution is -2.24. The summed E-state index contributed by atoms with van der Waals surface area (Å²) < 4.78 is 4.45. The Morgan fingerprint density at radius 3 is 2.50 bits per heavy atom. The molecule has 0 aromatic carbocycles. The van der Waals surface area contributed by atoms with Gasteiger partial charge in [-0.25, -0.2) is 9.97 Å². The number of carbonyl (C=O) groups is 1. The highest BCUT2D eigenvalue weighted by molar-refractivity contribution is 5.69. The third-order valence-electron chi connectivity index (χ3n) is 3.36. The van der Waals surface area contributed by atoms with Gasteiger partial charge in [-0.1, -0.05) is 0 Å². The van der Waals surface area contributed by atoms with E-state index in [-0.39, 0.29) is 6.42 Å². The zero-order valence-corrected chi connectivity index (χ0v) is 11.4. The van der Waals surface area contributed by atoms with Crippen LogP contribution in [0.25, 0.3) is 0 Å². The van der Waals surface area contributed by atoms with Crippen LogP contribution < -0.4 is 4.90 Å². The third kappa shape index (κ3) is 3.43. The van der Waals surface area contributed by atoms with Gasteiger partial charge in [-0.05, 0) is 12.8 Å². The Morgan fingerprint density at radius 1 is 1.35 bits per heavy atom. The van der Waals surface area contributed by atoms with Gasteiger partial charge in [-0.2, -0.15) is 0 Å². The van der Waals surface area contributed by atoms with Gasteiger partial charge < -0.3 is 19.8 Å². The molecule has 0 bridgehead atoms. The molecule has 7 nitrogen and oxygen atoms in total. The van der Waals surface area contributed by atoms with E-state index in [9.17, 15) is 15.0 Å². The molecule has 0 aliphatic carbocycles. The number of aliphatic hydroxyl groups is 2. The number of hydrogen-bond donors (Lipinski definition) is 2. The molecule has 110 valence electrons. The second-order valence-corrected chi connectivity index (χ2v) is 4.80. The minimum absolute atomic E-state index is 0.272. The van der Waals surface area contributed by atoms with Crippen molar-refractivity contribution < 1.29 is 19.7 Å². The number of ether oxygens (including phenoxy) is 1. The molecule has 0 saturated carbocycles. The van der Waals surface area contributed by atoms with Gasteiger partial charge in [0.2, 0.25) is 5.95 Å². The van der Waals surface area contributed by atoms with E-state index in [0.29, 0.717) is 11.5 Å². The molecule has 1 aromatic heterocycles. The molecule has 20 heavy (non-hydrogen) atoms. The van der Waals surface area contributed by atoms with E-state index in [0.717, 1.165) is 25.9 Å². The van der Waals surface area contributed by atoms with Crippen molar-refractivity contribution in [2.45, 2.75) is 31.5 Å². The van der Waals surface area contributed by atoms with E-state index < -0.39 is 18.2 Å². The zero-order valence-electron chi connectivity index (χ0n) is 11.4. The second-order valence-electron chi connectivity index (χ2n) is 4.80. The largest absolute Gasteiger partial charge is 0.469 e. The zero-order chi connectivity index (χ0) is 14.5. The predicted molar refractivity (Wildman–Crippen MR) is 71.1 cm³/mol. The predicted octanol–water partition coefficient (Wildman–Crippen LogP) is 0.0342.